The van der Waals surface area contributed by atoms with E-state index in [0.29, 0.717) is 18.4 Å². The summed E-state index contributed by atoms with van der Waals surface area (Å²) in [5.74, 6) is -2.03. The fraction of sp³-hybridized carbons (Fsp3) is 0.400. The highest BCUT2D eigenvalue weighted by molar-refractivity contribution is 6.08. The van der Waals surface area contributed by atoms with Gasteiger partial charge in [-0.15, -0.1) is 0 Å². The molecule has 1 N–H and O–H groups in total. The highest BCUT2D eigenvalue weighted by atomic mass is 16.5. The number of imide groups is 1. The molecule has 1 aromatic carbocycles. The predicted molar refractivity (Wildman–Crippen MR) is 96.3 cm³/mol. The molecule has 1 saturated heterocycles. The molecule has 3 amide bonds. The summed E-state index contributed by atoms with van der Waals surface area (Å²) in [7, 11) is 1.31. The molecular weight excluding hydrogens is 348 g/mol. The fourth-order valence-corrected chi connectivity index (χ4v) is 3.54. The van der Waals surface area contributed by atoms with E-state index in [-0.39, 0.29) is 36.1 Å². The minimum Gasteiger partial charge on any atom is -0.465 e. The van der Waals surface area contributed by atoms with Crippen molar-refractivity contribution in [2.24, 2.45) is 11.8 Å². The van der Waals surface area contributed by atoms with Crippen LogP contribution in [0.5, 0.6) is 0 Å². The van der Waals surface area contributed by atoms with Crippen molar-refractivity contribution in [3.63, 3.8) is 0 Å². The SMILES string of the molecule is COC(=O)c1ccc(CNC(=O)[C@H](C)N2C(=O)[C@@H]3CC=CC[C@H]3C2=O)cc1. The van der Waals surface area contributed by atoms with Gasteiger partial charge < -0.3 is 10.1 Å². The van der Waals surface area contributed by atoms with Gasteiger partial charge in [0.2, 0.25) is 17.7 Å². The molecule has 1 aromatic rings. The first-order valence-corrected chi connectivity index (χ1v) is 8.91. The lowest BCUT2D eigenvalue weighted by Gasteiger charge is -2.22. The van der Waals surface area contributed by atoms with E-state index in [2.05, 4.69) is 10.1 Å². The molecule has 0 spiro atoms. The van der Waals surface area contributed by atoms with Gasteiger partial charge in [-0.25, -0.2) is 4.79 Å². The number of hydrogen-bond acceptors (Lipinski definition) is 5. The number of nitrogens with one attached hydrogen (secondary N) is 1. The predicted octanol–water partition coefficient (Wildman–Crippen LogP) is 1.43. The molecule has 7 heteroatoms. The van der Waals surface area contributed by atoms with Crippen LogP contribution in [0, 0.1) is 11.8 Å². The average molecular weight is 370 g/mol. The van der Waals surface area contributed by atoms with Crippen molar-refractivity contribution in [3.8, 4) is 0 Å². The Bertz CT molecular complexity index is 773. The molecule has 0 saturated carbocycles. The number of amides is 3. The van der Waals surface area contributed by atoms with Crippen LogP contribution in [-0.4, -0.2) is 41.7 Å². The lowest BCUT2D eigenvalue weighted by molar-refractivity contribution is -0.147. The second kappa shape index (κ2) is 7.73. The van der Waals surface area contributed by atoms with E-state index in [0.717, 1.165) is 10.5 Å². The quantitative estimate of drug-likeness (QED) is 0.481. The van der Waals surface area contributed by atoms with Crippen LogP contribution in [0.2, 0.25) is 0 Å². The normalized spacial score (nSPS) is 22.4. The van der Waals surface area contributed by atoms with E-state index in [1.54, 1.807) is 31.2 Å². The second-order valence-electron chi connectivity index (χ2n) is 6.78. The lowest BCUT2D eigenvalue weighted by Crippen LogP contribution is -2.48. The van der Waals surface area contributed by atoms with Gasteiger partial charge in [-0.1, -0.05) is 24.3 Å². The Balaban J connectivity index is 1.60. The molecule has 0 radical (unpaired) electrons. The van der Waals surface area contributed by atoms with E-state index in [1.165, 1.54) is 7.11 Å². The first kappa shape index (κ1) is 18.8. The molecule has 1 aliphatic carbocycles. The Morgan fingerprint density at radius 1 is 1.11 bits per heavy atom. The van der Waals surface area contributed by atoms with Gasteiger partial charge in [0.05, 0.1) is 24.5 Å². The number of ether oxygens (including phenoxy) is 1. The summed E-state index contributed by atoms with van der Waals surface area (Å²) in [5, 5.41) is 2.74. The van der Waals surface area contributed by atoms with Gasteiger partial charge >= 0.3 is 5.97 Å². The maximum atomic E-state index is 12.5. The lowest BCUT2D eigenvalue weighted by atomic mass is 9.85. The number of fused-ring (bicyclic) bond motifs is 1. The fourth-order valence-electron chi connectivity index (χ4n) is 3.54. The zero-order valence-corrected chi connectivity index (χ0v) is 15.3. The van der Waals surface area contributed by atoms with Crippen molar-refractivity contribution < 1.29 is 23.9 Å². The molecule has 7 nitrogen and oxygen atoms in total. The van der Waals surface area contributed by atoms with Crippen molar-refractivity contribution in [2.45, 2.75) is 32.4 Å². The van der Waals surface area contributed by atoms with Crippen molar-refractivity contribution in [3.05, 3.63) is 47.5 Å². The molecule has 1 aliphatic heterocycles. The maximum absolute atomic E-state index is 12.5. The van der Waals surface area contributed by atoms with Crippen LogP contribution < -0.4 is 5.32 Å². The molecule has 27 heavy (non-hydrogen) atoms. The number of carbonyl (C=O) groups excluding carboxylic acids is 4. The molecule has 142 valence electrons. The molecule has 2 aliphatic rings. The number of methoxy groups -OCH3 is 1. The van der Waals surface area contributed by atoms with Crippen molar-refractivity contribution in [1.82, 2.24) is 10.2 Å². The molecule has 0 bridgehead atoms. The summed E-state index contributed by atoms with van der Waals surface area (Å²) in [6.07, 6.45) is 4.93. The van der Waals surface area contributed by atoms with Crippen molar-refractivity contribution in [1.29, 1.82) is 0 Å². The van der Waals surface area contributed by atoms with E-state index < -0.39 is 12.0 Å². The number of allylic oxidation sites excluding steroid dienone is 2. The molecule has 1 fully saturated rings. The Kier molecular flexibility index (Phi) is 5.39. The Morgan fingerprint density at radius 2 is 1.67 bits per heavy atom. The van der Waals surface area contributed by atoms with Crippen LogP contribution in [0.3, 0.4) is 0 Å². The summed E-state index contributed by atoms with van der Waals surface area (Å²) < 4.78 is 4.64. The monoisotopic (exact) mass is 370 g/mol. The number of hydrogen-bond donors (Lipinski definition) is 1. The minimum absolute atomic E-state index is 0.231. The highest BCUT2D eigenvalue weighted by Crippen LogP contribution is 2.36. The van der Waals surface area contributed by atoms with Gasteiger partial charge in [-0.3, -0.25) is 19.3 Å². The standard InChI is InChI=1S/C20H22N2O5/c1-12(22-18(24)15-5-3-4-6-16(15)19(22)25)17(23)21-11-13-7-9-14(10-8-13)20(26)27-2/h3-4,7-10,12,15-16H,5-6,11H2,1-2H3,(H,21,23)/t12-,15+,16+/m0/s1. The summed E-state index contributed by atoms with van der Waals surface area (Å²) in [5.41, 5.74) is 1.21. The third-order valence-corrected chi connectivity index (χ3v) is 5.15. The summed E-state index contributed by atoms with van der Waals surface area (Å²) in [6.45, 7) is 1.80. The Labute approximate surface area is 157 Å². The van der Waals surface area contributed by atoms with E-state index in [4.69, 9.17) is 0 Å². The Morgan fingerprint density at radius 3 is 2.19 bits per heavy atom. The zero-order valence-electron chi connectivity index (χ0n) is 15.3. The number of nitrogens with zero attached hydrogens (tertiary/aromatic N) is 1. The second-order valence-corrected chi connectivity index (χ2v) is 6.78. The number of esters is 1. The summed E-state index contributed by atoms with van der Waals surface area (Å²) in [4.78, 5) is 50.1. The smallest absolute Gasteiger partial charge is 0.337 e. The van der Waals surface area contributed by atoms with Crippen molar-refractivity contribution >= 4 is 23.7 Å². The van der Waals surface area contributed by atoms with Gasteiger partial charge in [0.25, 0.3) is 0 Å². The largest absolute Gasteiger partial charge is 0.465 e. The number of carbonyl (C=O) groups is 4. The van der Waals surface area contributed by atoms with Gasteiger partial charge in [-0.05, 0) is 37.5 Å². The van der Waals surface area contributed by atoms with E-state index >= 15 is 0 Å². The van der Waals surface area contributed by atoms with Gasteiger partial charge in [0.15, 0.2) is 0 Å². The van der Waals surface area contributed by atoms with Gasteiger partial charge in [-0.2, -0.15) is 0 Å². The molecule has 1 heterocycles. The summed E-state index contributed by atoms with van der Waals surface area (Å²) in [6, 6.07) is 5.79. The van der Waals surface area contributed by atoms with Crippen LogP contribution >= 0.6 is 0 Å². The van der Waals surface area contributed by atoms with Crippen LogP contribution in [0.4, 0.5) is 0 Å². The summed E-state index contributed by atoms with van der Waals surface area (Å²) >= 11 is 0. The Hall–Kier alpha value is -2.96. The average Bonchev–Trinajstić information content (AvgIpc) is 2.96. The molecule has 0 unspecified atom stereocenters. The van der Waals surface area contributed by atoms with E-state index in [9.17, 15) is 19.2 Å². The maximum Gasteiger partial charge on any atom is 0.337 e. The van der Waals surface area contributed by atoms with Gasteiger partial charge in [0, 0.05) is 6.54 Å². The third kappa shape index (κ3) is 3.63. The third-order valence-electron chi connectivity index (χ3n) is 5.15. The molecule has 3 rings (SSSR count). The minimum atomic E-state index is -0.857. The number of benzene rings is 1. The number of rotatable bonds is 5. The van der Waals surface area contributed by atoms with Crippen LogP contribution in [0.15, 0.2) is 36.4 Å². The van der Waals surface area contributed by atoms with E-state index in [1.807, 2.05) is 12.2 Å². The van der Waals surface area contributed by atoms with Crippen LogP contribution in [-0.2, 0) is 25.7 Å². The zero-order chi connectivity index (χ0) is 19.6. The number of likely N-dealkylation sites (tertiary alicyclic amines) is 1. The topological polar surface area (TPSA) is 92.8 Å². The van der Waals surface area contributed by atoms with Crippen LogP contribution in [0.25, 0.3) is 0 Å². The highest BCUT2D eigenvalue weighted by Gasteiger charge is 2.49. The van der Waals surface area contributed by atoms with Crippen molar-refractivity contribution in [2.75, 3.05) is 7.11 Å². The molecule has 0 aromatic heterocycles. The first-order chi connectivity index (χ1) is 12.9. The molecule has 3 atom stereocenters. The first-order valence-electron chi connectivity index (χ1n) is 8.91. The van der Waals surface area contributed by atoms with Crippen LogP contribution in [0.1, 0.15) is 35.7 Å². The molecular formula is C20H22N2O5. The van der Waals surface area contributed by atoms with Gasteiger partial charge in [0.1, 0.15) is 6.04 Å².